The van der Waals surface area contributed by atoms with E-state index in [9.17, 15) is 4.79 Å². The fourth-order valence-corrected chi connectivity index (χ4v) is 1.91. The van der Waals surface area contributed by atoms with Crippen molar-refractivity contribution in [2.75, 3.05) is 5.73 Å². The number of nitrogens with one attached hydrogen (secondary N) is 1. The Bertz CT molecular complexity index is 401. The first-order valence-corrected chi connectivity index (χ1v) is 6.21. The summed E-state index contributed by atoms with van der Waals surface area (Å²) in [5.74, 6) is 0.693. The highest BCUT2D eigenvalue weighted by atomic mass is 16.1. The number of anilines is 1. The summed E-state index contributed by atoms with van der Waals surface area (Å²) in [6, 6.07) is 3.55. The van der Waals surface area contributed by atoms with Crippen LogP contribution in [-0.2, 0) is 0 Å². The van der Waals surface area contributed by atoms with Crippen LogP contribution >= 0.6 is 0 Å². The molecule has 1 atom stereocenters. The summed E-state index contributed by atoms with van der Waals surface area (Å²) in [7, 11) is 0. The number of hydrogen-bond donors (Lipinski definition) is 2. The Morgan fingerprint density at radius 2 is 2.41 bits per heavy atom. The summed E-state index contributed by atoms with van der Waals surface area (Å²) >= 11 is 0. The van der Waals surface area contributed by atoms with Gasteiger partial charge in [0.1, 0.15) is 5.69 Å². The van der Waals surface area contributed by atoms with E-state index in [-0.39, 0.29) is 11.9 Å². The molecule has 3 N–H and O–H groups in total. The maximum Gasteiger partial charge on any atom is 0.270 e. The van der Waals surface area contributed by atoms with E-state index in [4.69, 9.17) is 5.73 Å². The lowest BCUT2D eigenvalue weighted by Crippen LogP contribution is -2.35. The average molecular weight is 233 g/mol. The number of carbonyl (C=O) groups excluding carboxylic acids is 1. The summed E-state index contributed by atoms with van der Waals surface area (Å²) in [6.45, 7) is 2.10. The van der Waals surface area contributed by atoms with Crippen molar-refractivity contribution in [3.63, 3.8) is 0 Å². The molecule has 1 aliphatic carbocycles. The molecule has 2 rings (SSSR count). The molecule has 1 fully saturated rings. The van der Waals surface area contributed by atoms with Crippen LogP contribution < -0.4 is 11.1 Å². The molecule has 0 aliphatic heterocycles. The van der Waals surface area contributed by atoms with Crippen LogP contribution in [0.1, 0.15) is 43.1 Å². The highest BCUT2D eigenvalue weighted by Gasteiger charge is 2.25. The van der Waals surface area contributed by atoms with Gasteiger partial charge < -0.3 is 11.1 Å². The average Bonchev–Trinajstić information content (AvgIpc) is 3.12. The molecule has 1 aliphatic rings. The smallest absolute Gasteiger partial charge is 0.270 e. The maximum atomic E-state index is 11.9. The van der Waals surface area contributed by atoms with Gasteiger partial charge in [0.25, 0.3) is 5.91 Å². The van der Waals surface area contributed by atoms with E-state index in [0.717, 1.165) is 18.8 Å². The van der Waals surface area contributed by atoms with Gasteiger partial charge in [-0.25, -0.2) is 0 Å². The Morgan fingerprint density at radius 3 is 3.00 bits per heavy atom. The van der Waals surface area contributed by atoms with E-state index in [0.29, 0.717) is 11.4 Å². The van der Waals surface area contributed by atoms with E-state index in [1.807, 2.05) is 0 Å². The highest BCUT2D eigenvalue weighted by Crippen LogP contribution is 2.34. The van der Waals surface area contributed by atoms with Crippen molar-refractivity contribution in [2.45, 2.75) is 38.6 Å². The van der Waals surface area contributed by atoms with Crippen LogP contribution in [0.25, 0.3) is 0 Å². The molecular formula is C13H19N3O. The molecule has 0 radical (unpaired) electrons. The van der Waals surface area contributed by atoms with Gasteiger partial charge in [-0.15, -0.1) is 0 Å². The molecule has 92 valence electrons. The van der Waals surface area contributed by atoms with Crippen LogP contribution in [0.15, 0.2) is 18.3 Å². The fourth-order valence-electron chi connectivity index (χ4n) is 1.91. The number of nitrogens with zero attached hydrogens (tertiary/aromatic N) is 1. The van der Waals surface area contributed by atoms with Crippen LogP contribution in [0.5, 0.6) is 0 Å². The van der Waals surface area contributed by atoms with Gasteiger partial charge >= 0.3 is 0 Å². The van der Waals surface area contributed by atoms with Gasteiger partial charge in [0.05, 0.1) is 0 Å². The van der Waals surface area contributed by atoms with Crippen molar-refractivity contribution >= 4 is 11.6 Å². The number of aromatic nitrogens is 1. The van der Waals surface area contributed by atoms with Gasteiger partial charge in [-0.2, -0.15) is 0 Å². The predicted molar refractivity (Wildman–Crippen MR) is 67.5 cm³/mol. The molecule has 1 amide bonds. The first-order valence-electron chi connectivity index (χ1n) is 6.21. The van der Waals surface area contributed by atoms with E-state index in [1.165, 1.54) is 12.8 Å². The lowest BCUT2D eigenvalue weighted by molar-refractivity contribution is 0.0927. The predicted octanol–water partition coefficient (Wildman–Crippen LogP) is 1.97. The van der Waals surface area contributed by atoms with Crippen molar-refractivity contribution < 1.29 is 4.79 Å². The molecule has 0 spiro atoms. The summed E-state index contributed by atoms with van der Waals surface area (Å²) in [6.07, 6.45) is 6.23. The molecule has 0 bridgehead atoms. The summed E-state index contributed by atoms with van der Waals surface area (Å²) < 4.78 is 0. The lowest BCUT2D eigenvalue weighted by Gasteiger charge is -2.16. The Kier molecular flexibility index (Phi) is 3.61. The van der Waals surface area contributed by atoms with E-state index in [2.05, 4.69) is 17.2 Å². The van der Waals surface area contributed by atoms with Gasteiger partial charge in [0.15, 0.2) is 0 Å². The van der Waals surface area contributed by atoms with Crippen molar-refractivity contribution in [2.24, 2.45) is 5.92 Å². The van der Waals surface area contributed by atoms with E-state index >= 15 is 0 Å². The summed E-state index contributed by atoms with van der Waals surface area (Å²) in [5, 5.41) is 3.02. The van der Waals surface area contributed by atoms with Crippen LogP contribution in [0.3, 0.4) is 0 Å². The lowest BCUT2D eigenvalue weighted by atomic mass is 10.1. The zero-order chi connectivity index (χ0) is 12.3. The minimum Gasteiger partial charge on any atom is -0.399 e. The molecule has 1 unspecified atom stereocenters. The second-order valence-electron chi connectivity index (χ2n) is 4.73. The molecule has 4 heteroatoms. The second kappa shape index (κ2) is 5.17. The Labute approximate surface area is 102 Å². The summed E-state index contributed by atoms with van der Waals surface area (Å²) in [4.78, 5) is 16.0. The first-order chi connectivity index (χ1) is 8.19. The number of nitrogens with two attached hydrogens (primary N) is 1. The summed E-state index contributed by atoms with van der Waals surface area (Å²) in [5.41, 5.74) is 6.60. The molecule has 17 heavy (non-hydrogen) atoms. The number of carbonyl (C=O) groups is 1. The SMILES string of the molecule is CCC(CC1CC1)NC(=O)c1cc(N)ccn1. The number of pyridine rings is 1. The van der Waals surface area contributed by atoms with Crippen LogP contribution in [0.4, 0.5) is 5.69 Å². The monoisotopic (exact) mass is 233 g/mol. The number of hydrogen-bond acceptors (Lipinski definition) is 3. The molecule has 4 nitrogen and oxygen atoms in total. The van der Waals surface area contributed by atoms with Gasteiger partial charge in [0, 0.05) is 17.9 Å². The van der Waals surface area contributed by atoms with Gasteiger partial charge in [-0.3, -0.25) is 9.78 Å². The molecule has 1 saturated carbocycles. The standard InChI is InChI=1S/C13H19N3O/c1-2-11(7-9-3-4-9)16-13(17)12-8-10(14)5-6-15-12/h5-6,8-9,11H,2-4,7H2,1H3,(H2,14,15)(H,16,17). The number of amides is 1. The minimum absolute atomic E-state index is 0.121. The van der Waals surface area contributed by atoms with E-state index < -0.39 is 0 Å². The van der Waals surface area contributed by atoms with E-state index in [1.54, 1.807) is 18.3 Å². The highest BCUT2D eigenvalue weighted by molar-refractivity contribution is 5.93. The topological polar surface area (TPSA) is 68.0 Å². The van der Waals surface area contributed by atoms with Crippen molar-refractivity contribution in [3.8, 4) is 0 Å². The molecular weight excluding hydrogens is 214 g/mol. The molecule has 1 aromatic rings. The number of rotatable bonds is 5. The van der Waals surface area contributed by atoms with Gasteiger partial charge in [-0.1, -0.05) is 19.8 Å². The number of nitrogen functional groups attached to an aromatic ring is 1. The molecule has 1 aromatic heterocycles. The molecule has 0 saturated heterocycles. The minimum atomic E-state index is -0.121. The maximum absolute atomic E-state index is 11.9. The Hall–Kier alpha value is -1.58. The van der Waals surface area contributed by atoms with Crippen molar-refractivity contribution in [3.05, 3.63) is 24.0 Å². The van der Waals surface area contributed by atoms with Crippen LogP contribution in [0.2, 0.25) is 0 Å². The van der Waals surface area contributed by atoms with Gasteiger partial charge in [-0.05, 0) is 30.9 Å². The third kappa shape index (κ3) is 3.44. The molecule has 0 aromatic carbocycles. The first kappa shape index (κ1) is 11.9. The van der Waals surface area contributed by atoms with Crippen LogP contribution in [-0.4, -0.2) is 16.9 Å². The Balaban J connectivity index is 1.94. The largest absolute Gasteiger partial charge is 0.399 e. The zero-order valence-corrected chi connectivity index (χ0v) is 10.1. The third-order valence-corrected chi connectivity index (χ3v) is 3.16. The zero-order valence-electron chi connectivity index (χ0n) is 10.1. The third-order valence-electron chi connectivity index (χ3n) is 3.16. The van der Waals surface area contributed by atoms with Crippen LogP contribution in [0, 0.1) is 5.92 Å². The quantitative estimate of drug-likeness (QED) is 0.817. The Morgan fingerprint density at radius 1 is 1.65 bits per heavy atom. The van der Waals surface area contributed by atoms with Gasteiger partial charge in [0.2, 0.25) is 0 Å². The second-order valence-corrected chi connectivity index (χ2v) is 4.73. The van der Waals surface area contributed by atoms with Crippen molar-refractivity contribution in [1.82, 2.24) is 10.3 Å². The fraction of sp³-hybridized carbons (Fsp3) is 0.538. The molecule has 1 heterocycles. The van der Waals surface area contributed by atoms with Crippen molar-refractivity contribution in [1.29, 1.82) is 0 Å². The normalized spacial score (nSPS) is 16.5.